The molecular weight excluding hydrogens is 280 g/mol. The van der Waals surface area contributed by atoms with E-state index in [4.69, 9.17) is 14.7 Å². The summed E-state index contributed by atoms with van der Waals surface area (Å²) < 4.78 is 10.5. The Kier molecular flexibility index (Phi) is 5.52. The lowest BCUT2D eigenvalue weighted by Crippen LogP contribution is -2.18. The van der Waals surface area contributed by atoms with E-state index in [1.165, 1.54) is 0 Å². The summed E-state index contributed by atoms with van der Waals surface area (Å²) in [5.41, 5.74) is 2.00. The van der Waals surface area contributed by atoms with Gasteiger partial charge in [-0.2, -0.15) is 5.26 Å². The minimum absolute atomic E-state index is 0.0615. The van der Waals surface area contributed by atoms with Crippen LogP contribution in [0.2, 0.25) is 0 Å². The number of amides is 1. The van der Waals surface area contributed by atoms with E-state index in [0.717, 1.165) is 11.3 Å². The molecule has 2 aromatic rings. The van der Waals surface area contributed by atoms with Crippen molar-refractivity contribution in [3.05, 3.63) is 59.7 Å². The zero-order chi connectivity index (χ0) is 15.8. The van der Waals surface area contributed by atoms with Gasteiger partial charge in [0, 0.05) is 5.69 Å². The maximum Gasteiger partial charge on any atom is 0.250 e. The summed E-state index contributed by atoms with van der Waals surface area (Å²) in [4.78, 5) is 11.8. The van der Waals surface area contributed by atoms with Crippen LogP contribution >= 0.6 is 0 Å². The zero-order valence-electron chi connectivity index (χ0n) is 12.2. The second kappa shape index (κ2) is 7.81. The van der Waals surface area contributed by atoms with E-state index in [1.54, 1.807) is 31.4 Å². The smallest absolute Gasteiger partial charge is 0.250 e. The van der Waals surface area contributed by atoms with Crippen LogP contribution in [0.1, 0.15) is 11.1 Å². The third kappa shape index (κ3) is 4.62. The second-order valence-corrected chi connectivity index (χ2v) is 4.59. The van der Waals surface area contributed by atoms with E-state index in [2.05, 4.69) is 5.32 Å². The standard InChI is InChI=1S/C17H16N2O3/c1-21-16-7-3-5-14(9-16)11-22-12-17(20)19-15-6-2-4-13(8-15)10-18/h2-9H,11-12H2,1H3,(H,19,20). The monoisotopic (exact) mass is 296 g/mol. The lowest BCUT2D eigenvalue weighted by molar-refractivity contribution is -0.121. The van der Waals surface area contributed by atoms with E-state index in [0.29, 0.717) is 17.9 Å². The normalized spacial score (nSPS) is 9.82. The second-order valence-electron chi connectivity index (χ2n) is 4.59. The Morgan fingerprint density at radius 1 is 1.23 bits per heavy atom. The Hall–Kier alpha value is -2.84. The van der Waals surface area contributed by atoms with Crippen molar-refractivity contribution in [1.29, 1.82) is 5.26 Å². The summed E-state index contributed by atoms with van der Waals surface area (Å²) in [7, 11) is 1.60. The molecule has 2 rings (SSSR count). The van der Waals surface area contributed by atoms with Gasteiger partial charge in [0.15, 0.2) is 0 Å². The quantitative estimate of drug-likeness (QED) is 0.889. The van der Waals surface area contributed by atoms with Gasteiger partial charge in [0.25, 0.3) is 0 Å². The number of anilines is 1. The van der Waals surface area contributed by atoms with Crippen molar-refractivity contribution in [2.75, 3.05) is 19.0 Å². The predicted molar refractivity (Wildman–Crippen MR) is 82.4 cm³/mol. The maximum absolute atomic E-state index is 11.8. The predicted octanol–water partition coefficient (Wildman–Crippen LogP) is 2.72. The van der Waals surface area contributed by atoms with Crippen molar-refractivity contribution in [2.24, 2.45) is 0 Å². The van der Waals surface area contributed by atoms with Crippen molar-refractivity contribution >= 4 is 11.6 Å². The molecule has 0 saturated carbocycles. The van der Waals surface area contributed by atoms with E-state index in [9.17, 15) is 4.79 Å². The average Bonchev–Trinajstić information content (AvgIpc) is 2.55. The van der Waals surface area contributed by atoms with Crippen molar-refractivity contribution in [2.45, 2.75) is 6.61 Å². The van der Waals surface area contributed by atoms with Gasteiger partial charge < -0.3 is 14.8 Å². The van der Waals surface area contributed by atoms with Crippen LogP contribution < -0.4 is 10.1 Å². The Labute approximate surface area is 129 Å². The highest BCUT2D eigenvalue weighted by atomic mass is 16.5. The fraction of sp³-hybridized carbons (Fsp3) is 0.176. The number of hydrogen-bond donors (Lipinski definition) is 1. The highest BCUT2D eigenvalue weighted by Crippen LogP contribution is 2.13. The number of methoxy groups -OCH3 is 1. The molecule has 0 aliphatic carbocycles. The molecule has 0 saturated heterocycles. The van der Waals surface area contributed by atoms with E-state index in [-0.39, 0.29) is 12.5 Å². The largest absolute Gasteiger partial charge is 0.497 e. The minimum atomic E-state index is -0.266. The first-order chi connectivity index (χ1) is 10.7. The summed E-state index contributed by atoms with van der Waals surface area (Å²) in [6.45, 7) is 0.261. The number of nitrogens with zero attached hydrogens (tertiary/aromatic N) is 1. The van der Waals surface area contributed by atoms with Crippen LogP contribution in [0.25, 0.3) is 0 Å². The molecule has 0 atom stereocenters. The highest BCUT2D eigenvalue weighted by molar-refractivity contribution is 5.91. The highest BCUT2D eigenvalue weighted by Gasteiger charge is 2.04. The molecule has 0 radical (unpaired) electrons. The van der Waals surface area contributed by atoms with Gasteiger partial charge in [-0.05, 0) is 35.9 Å². The number of ether oxygens (including phenoxy) is 2. The summed E-state index contributed by atoms with van der Waals surface area (Å²) in [6.07, 6.45) is 0. The molecule has 0 aromatic heterocycles. The van der Waals surface area contributed by atoms with Crippen molar-refractivity contribution in [3.8, 4) is 11.8 Å². The van der Waals surface area contributed by atoms with E-state index >= 15 is 0 Å². The lowest BCUT2D eigenvalue weighted by Gasteiger charge is -2.07. The first kappa shape index (κ1) is 15.5. The topological polar surface area (TPSA) is 71.3 Å². The van der Waals surface area contributed by atoms with Gasteiger partial charge in [0.1, 0.15) is 12.4 Å². The van der Waals surface area contributed by atoms with Crippen LogP contribution in [0.4, 0.5) is 5.69 Å². The van der Waals surface area contributed by atoms with Crippen LogP contribution in [0.15, 0.2) is 48.5 Å². The van der Waals surface area contributed by atoms with Gasteiger partial charge in [-0.3, -0.25) is 4.79 Å². The number of rotatable bonds is 6. The molecule has 22 heavy (non-hydrogen) atoms. The number of nitrogens with one attached hydrogen (secondary N) is 1. The number of carbonyl (C=O) groups excluding carboxylic acids is 1. The maximum atomic E-state index is 11.8. The molecule has 0 bridgehead atoms. The zero-order valence-corrected chi connectivity index (χ0v) is 12.2. The molecule has 0 heterocycles. The molecule has 1 amide bonds. The van der Waals surface area contributed by atoms with E-state index in [1.807, 2.05) is 30.3 Å². The molecule has 0 spiro atoms. The molecule has 5 nitrogen and oxygen atoms in total. The lowest BCUT2D eigenvalue weighted by atomic mass is 10.2. The van der Waals surface area contributed by atoms with Gasteiger partial charge in [-0.15, -0.1) is 0 Å². The van der Waals surface area contributed by atoms with Gasteiger partial charge in [-0.1, -0.05) is 18.2 Å². The van der Waals surface area contributed by atoms with Crippen LogP contribution in [0.5, 0.6) is 5.75 Å². The van der Waals surface area contributed by atoms with Crippen LogP contribution in [-0.4, -0.2) is 19.6 Å². The number of nitriles is 1. The SMILES string of the molecule is COc1cccc(COCC(=O)Nc2cccc(C#N)c2)c1. The Bertz CT molecular complexity index is 692. The van der Waals surface area contributed by atoms with Crippen molar-refractivity contribution < 1.29 is 14.3 Å². The number of benzene rings is 2. The Morgan fingerprint density at radius 3 is 2.82 bits per heavy atom. The van der Waals surface area contributed by atoms with Crippen molar-refractivity contribution in [1.82, 2.24) is 0 Å². The third-order valence-corrected chi connectivity index (χ3v) is 2.91. The summed E-state index contributed by atoms with van der Waals surface area (Å²) in [5, 5.41) is 11.5. The van der Waals surface area contributed by atoms with Crippen LogP contribution in [0, 0.1) is 11.3 Å². The molecule has 0 fully saturated rings. The summed E-state index contributed by atoms with van der Waals surface area (Å²) in [5.74, 6) is 0.483. The van der Waals surface area contributed by atoms with Gasteiger partial charge in [-0.25, -0.2) is 0 Å². The van der Waals surface area contributed by atoms with Gasteiger partial charge >= 0.3 is 0 Å². The average molecular weight is 296 g/mol. The molecule has 2 aromatic carbocycles. The number of hydrogen-bond acceptors (Lipinski definition) is 4. The summed E-state index contributed by atoms with van der Waals surface area (Å²) in [6, 6.07) is 16.2. The Morgan fingerprint density at radius 2 is 2.05 bits per heavy atom. The molecule has 5 heteroatoms. The Balaban J connectivity index is 1.81. The molecular formula is C17H16N2O3. The van der Waals surface area contributed by atoms with Crippen LogP contribution in [0.3, 0.4) is 0 Å². The van der Waals surface area contributed by atoms with Crippen LogP contribution in [-0.2, 0) is 16.1 Å². The molecule has 0 unspecified atom stereocenters. The molecule has 112 valence electrons. The van der Waals surface area contributed by atoms with Crippen molar-refractivity contribution in [3.63, 3.8) is 0 Å². The molecule has 1 N–H and O–H groups in total. The number of carbonyl (C=O) groups is 1. The summed E-state index contributed by atoms with van der Waals surface area (Å²) >= 11 is 0. The first-order valence-electron chi connectivity index (χ1n) is 6.72. The molecule has 0 aliphatic rings. The molecule has 0 aliphatic heterocycles. The van der Waals surface area contributed by atoms with Gasteiger partial charge in [0.05, 0.1) is 25.3 Å². The van der Waals surface area contributed by atoms with E-state index < -0.39 is 0 Å². The fourth-order valence-corrected chi connectivity index (χ4v) is 1.89. The minimum Gasteiger partial charge on any atom is -0.497 e. The first-order valence-corrected chi connectivity index (χ1v) is 6.72. The fourth-order valence-electron chi connectivity index (χ4n) is 1.89. The third-order valence-electron chi connectivity index (χ3n) is 2.91. The van der Waals surface area contributed by atoms with Gasteiger partial charge in [0.2, 0.25) is 5.91 Å².